The molecular weight excluding hydrogens is 144 g/mol. The summed E-state index contributed by atoms with van der Waals surface area (Å²) in [6, 6.07) is 0. The highest BCUT2D eigenvalue weighted by Crippen LogP contribution is 2.83. The lowest BCUT2D eigenvalue weighted by atomic mass is 9.39. The van der Waals surface area contributed by atoms with Crippen LogP contribution in [0.15, 0.2) is 0 Å². The van der Waals surface area contributed by atoms with Crippen LogP contribution < -0.4 is 0 Å². The molecule has 0 heterocycles. The van der Waals surface area contributed by atoms with Crippen molar-refractivity contribution in [2.24, 2.45) is 28.6 Å². The fourth-order valence-corrected chi connectivity index (χ4v) is 4.76. The quantitative estimate of drug-likeness (QED) is 0.514. The van der Waals surface area contributed by atoms with Crippen LogP contribution in [0.2, 0.25) is 0 Å². The zero-order valence-electron chi connectivity index (χ0n) is 8.56. The van der Waals surface area contributed by atoms with Crippen molar-refractivity contribution < 1.29 is 0 Å². The van der Waals surface area contributed by atoms with Gasteiger partial charge in [-0.05, 0) is 54.3 Å². The highest BCUT2D eigenvalue weighted by molar-refractivity contribution is 5.24. The molecule has 0 aromatic carbocycles. The summed E-state index contributed by atoms with van der Waals surface area (Å²) in [6.07, 6.45) is 6.22. The fraction of sp³-hybridized carbons (Fsp3) is 1.00. The molecule has 3 aliphatic rings. The van der Waals surface area contributed by atoms with Gasteiger partial charge in [-0.15, -0.1) is 0 Å². The Morgan fingerprint density at radius 3 is 1.50 bits per heavy atom. The number of hydrogen-bond donors (Lipinski definition) is 0. The zero-order valence-corrected chi connectivity index (χ0v) is 8.56. The van der Waals surface area contributed by atoms with Gasteiger partial charge in [0.25, 0.3) is 0 Å². The molecule has 3 aliphatic carbocycles. The predicted molar refractivity (Wildman–Crippen MR) is 50.8 cm³/mol. The van der Waals surface area contributed by atoms with Gasteiger partial charge in [-0.3, -0.25) is 0 Å². The van der Waals surface area contributed by atoms with Crippen molar-refractivity contribution >= 4 is 0 Å². The smallest absolute Gasteiger partial charge is 0.0207 e. The Hall–Kier alpha value is 0. The largest absolute Gasteiger partial charge is 0.0625 e. The SMILES string of the molecule is CC1CC2(C1)C(C)CC21CC1C. The Morgan fingerprint density at radius 1 is 0.750 bits per heavy atom. The lowest BCUT2D eigenvalue weighted by Gasteiger charge is -2.65. The van der Waals surface area contributed by atoms with Crippen LogP contribution in [0, 0.1) is 28.6 Å². The van der Waals surface area contributed by atoms with Crippen LogP contribution in [0.3, 0.4) is 0 Å². The van der Waals surface area contributed by atoms with Crippen LogP contribution in [-0.4, -0.2) is 0 Å². The van der Waals surface area contributed by atoms with Crippen molar-refractivity contribution in [2.75, 3.05) is 0 Å². The van der Waals surface area contributed by atoms with E-state index in [4.69, 9.17) is 0 Å². The molecule has 0 aromatic rings. The van der Waals surface area contributed by atoms with Crippen LogP contribution in [-0.2, 0) is 0 Å². The molecule has 68 valence electrons. The molecule has 12 heavy (non-hydrogen) atoms. The Morgan fingerprint density at radius 2 is 1.17 bits per heavy atom. The summed E-state index contributed by atoms with van der Waals surface area (Å²) < 4.78 is 0. The van der Waals surface area contributed by atoms with Crippen molar-refractivity contribution in [1.29, 1.82) is 0 Å². The first-order valence-corrected chi connectivity index (χ1v) is 5.61. The van der Waals surface area contributed by atoms with E-state index < -0.39 is 0 Å². The van der Waals surface area contributed by atoms with Gasteiger partial charge >= 0.3 is 0 Å². The fourth-order valence-electron chi connectivity index (χ4n) is 4.76. The second kappa shape index (κ2) is 1.76. The van der Waals surface area contributed by atoms with E-state index in [1.807, 2.05) is 0 Å². The van der Waals surface area contributed by atoms with Gasteiger partial charge in [0.2, 0.25) is 0 Å². The molecule has 3 unspecified atom stereocenters. The van der Waals surface area contributed by atoms with Gasteiger partial charge in [0.1, 0.15) is 0 Å². The van der Waals surface area contributed by atoms with Crippen molar-refractivity contribution in [1.82, 2.24) is 0 Å². The minimum absolute atomic E-state index is 0.853. The van der Waals surface area contributed by atoms with Gasteiger partial charge in [0.05, 0.1) is 0 Å². The molecule has 0 nitrogen and oxygen atoms in total. The summed E-state index contributed by atoms with van der Waals surface area (Å²) in [5.74, 6) is 3.16. The molecule has 3 rings (SSSR count). The average Bonchev–Trinajstić information content (AvgIpc) is 2.57. The molecule has 0 N–H and O–H groups in total. The molecule has 3 fully saturated rings. The molecule has 0 amide bonds. The Bertz CT molecular complexity index is 224. The van der Waals surface area contributed by atoms with E-state index in [1.165, 1.54) is 0 Å². The Balaban J connectivity index is 1.85. The van der Waals surface area contributed by atoms with Gasteiger partial charge < -0.3 is 0 Å². The Kier molecular flexibility index (Phi) is 1.09. The predicted octanol–water partition coefficient (Wildman–Crippen LogP) is 3.47. The summed E-state index contributed by atoms with van der Waals surface area (Å²) in [5, 5.41) is 0. The van der Waals surface area contributed by atoms with E-state index in [-0.39, 0.29) is 0 Å². The second-order valence-electron chi connectivity index (χ2n) is 6.04. The highest BCUT2D eigenvalue weighted by Gasteiger charge is 2.75. The first kappa shape index (κ1) is 7.41. The monoisotopic (exact) mass is 164 g/mol. The van der Waals surface area contributed by atoms with Gasteiger partial charge in [-0.1, -0.05) is 20.8 Å². The van der Waals surface area contributed by atoms with Crippen molar-refractivity contribution in [3.05, 3.63) is 0 Å². The Labute approximate surface area is 75.7 Å². The van der Waals surface area contributed by atoms with Crippen LogP contribution in [0.25, 0.3) is 0 Å². The third kappa shape index (κ3) is 0.533. The summed E-state index contributed by atoms with van der Waals surface area (Å²) >= 11 is 0. The first-order chi connectivity index (χ1) is 5.61. The average molecular weight is 164 g/mol. The van der Waals surface area contributed by atoms with Crippen LogP contribution >= 0.6 is 0 Å². The van der Waals surface area contributed by atoms with Crippen LogP contribution in [0.5, 0.6) is 0 Å². The maximum absolute atomic E-state index is 2.49. The van der Waals surface area contributed by atoms with E-state index in [1.54, 1.807) is 25.7 Å². The van der Waals surface area contributed by atoms with Gasteiger partial charge in [-0.25, -0.2) is 0 Å². The van der Waals surface area contributed by atoms with E-state index >= 15 is 0 Å². The summed E-state index contributed by atoms with van der Waals surface area (Å²) in [7, 11) is 0. The molecule has 0 aromatic heterocycles. The standard InChI is InChI=1S/C12H20/c1-8-4-11(5-8)9(2)6-12(11)7-10(12)3/h8-10H,4-7H2,1-3H3. The third-order valence-corrected chi connectivity index (χ3v) is 5.48. The van der Waals surface area contributed by atoms with E-state index in [0.29, 0.717) is 0 Å². The van der Waals surface area contributed by atoms with Gasteiger partial charge in [0, 0.05) is 0 Å². The molecule has 0 bridgehead atoms. The minimum Gasteiger partial charge on any atom is -0.0625 e. The highest BCUT2D eigenvalue weighted by atomic mass is 14.8. The van der Waals surface area contributed by atoms with E-state index in [2.05, 4.69) is 20.8 Å². The molecule has 0 radical (unpaired) electrons. The lowest BCUT2D eigenvalue weighted by Crippen LogP contribution is -2.57. The van der Waals surface area contributed by atoms with Crippen LogP contribution in [0.4, 0.5) is 0 Å². The van der Waals surface area contributed by atoms with Crippen LogP contribution in [0.1, 0.15) is 46.5 Å². The van der Waals surface area contributed by atoms with Crippen molar-refractivity contribution in [3.8, 4) is 0 Å². The maximum Gasteiger partial charge on any atom is -0.0207 e. The summed E-state index contributed by atoms with van der Waals surface area (Å²) in [5.41, 5.74) is 1.73. The number of fused-ring (bicyclic) bond motifs is 1. The molecule has 3 saturated carbocycles. The molecule has 3 atom stereocenters. The second-order valence-corrected chi connectivity index (χ2v) is 6.04. The first-order valence-electron chi connectivity index (χ1n) is 5.61. The van der Waals surface area contributed by atoms with E-state index in [0.717, 1.165) is 28.6 Å². The molecule has 0 aliphatic heterocycles. The maximum atomic E-state index is 2.49. The summed E-state index contributed by atoms with van der Waals surface area (Å²) in [6.45, 7) is 7.38. The number of hydrogen-bond acceptors (Lipinski definition) is 0. The normalized spacial score (nSPS) is 67.8. The minimum atomic E-state index is 0.853. The van der Waals surface area contributed by atoms with E-state index in [9.17, 15) is 0 Å². The van der Waals surface area contributed by atoms with Gasteiger partial charge in [0.15, 0.2) is 0 Å². The molecular formula is C12H20. The summed E-state index contributed by atoms with van der Waals surface area (Å²) in [4.78, 5) is 0. The molecule has 2 spiro atoms. The van der Waals surface area contributed by atoms with Gasteiger partial charge in [-0.2, -0.15) is 0 Å². The zero-order chi connectivity index (χ0) is 8.56. The topological polar surface area (TPSA) is 0 Å². The van der Waals surface area contributed by atoms with Crippen molar-refractivity contribution in [2.45, 2.75) is 46.5 Å². The molecule has 0 saturated heterocycles. The number of rotatable bonds is 0. The lowest BCUT2D eigenvalue weighted by molar-refractivity contribution is -0.164. The molecule has 0 heteroatoms. The van der Waals surface area contributed by atoms with Crippen molar-refractivity contribution in [3.63, 3.8) is 0 Å². The third-order valence-electron chi connectivity index (χ3n) is 5.48.